The van der Waals surface area contributed by atoms with Gasteiger partial charge in [-0.1, -0.05) is 48.4 Å². The number of carbonyl (C=O) groups excluding carboxylic acids is 1. The summed E-state index contributed by atoms with van der Waals surface area (Å²) in [6.45, 7) is 2.05. The molecule has 2 aromatic rings. The van der Waals surface area contributed by atoms with Crippen LogP contribution in [0.4, 0.5) is 5.69 Å². The summed E-state index contributed by atoms with van der Waals surface area (Å²) < 4.78 is 11.2. The summed E-state index contributed by atoms with van der Waals surface area (Å²) >= 11 is 0. The van der Waals surface area contributed by atoms with Crippen molar-refractivity contribution in [3.05, 3.63) is 60.2 Å². The fourth-order valence-electron chi connectivity index (χ4n) is 2.75. The maximum Gasteiger partial charge on any atom is 0.240 e. The Kier molecular flexibility index (Phi) is 6.37. The average molecular weight is 362 g/mol. The Bertz CT molecular complexity index is 840. The van der Waals surface area contributed by atoms with E-state index in [1.165, 1.54) is 0 Å². The lowest BCUT2D eigenvalue weighted by Crippen LogP contribution is -2.37. The second-order valence-electron chi connectivity index (χ2n) is 6.00. The molecule has 0 spiro atoms. The summed E-state index contributed by atoms with van der Waals surface area (Å²) in [5.41, 5.74) is 1.99. The number of terminal acetylenes is 1. The predicted molar refractivity (Wildman–Crippen MR) is 107 cm³/mol. The highest BCUT2D eigenvalue weighted by Gasteiger charge is 2.16. The first-order valence-corrected chi connectivity index (χ1v) is 8.82. The second-order valence-corrected chi connectivity index (χ2v) is 6.00. The van der Waals surface area contributed by atoms with E-state index >= 15 is 0 Å². The molecule has 5 nitrogen and oxygen atoms in total. The molecule has 0 saturated heterocycles. The standard InChI is InChI=1S/C22H22N2O3/c1-2-12-23-22(25)17-24(13-6-9-18-7-4-3-5-8-18)19-10-11-20-21(16-19)27-15-14-26-20/h1,3-11,16H,12-15,17H2,(H,23,25)/b9-6+. The second kappa shape index (κ2) is 9.35. The summed E-state index contributed by atoms with van der Waals surface area (Å²) in [5.74, 6) is 3.71. The van der Waals surface area contributed by atoms with E-state index in [9.17, 15) is 4.79 Å². The Morgan fingerprint density at radius 3 is 2.70 bits per heavy atom. The molecule has 27 heavy (non-hydrogen) atoms. The van der Waals surface area contributed by atoms with E-state index in [1.807, 2.05) is 65.6 Å². The quantitative estimate of drug-likeness (QED) is 0.770. The Balaban J connectivity index is 1.75. The number of anilines is 1. The van der Waals surface area contributed by atoms with Crippen molar-refractivity contribution >= 4 is 17.7 Å². The fraction of sp³-hybridized carbons (Fsp3) is 0.227. The molecule has 5 heteroatoms. The first kappa shape index (κ1) is 18.4. The molecule has 1 aliphatic rings. The molecule has 0 saturated carbocycles. The van der Waals surface area contributed by atoms with Crippen molar-refractivity contribution in [2.24, 2.45) is 0 Å². The number of rotatable bonds is 7. The molecule has 3 rings (SSSR count). The van der Waals surface area contributed by atoms with Crippen LogP contribution in [-0.2, 0) is 4.79 Å². The number of hydrogen-bond donors (Lipinski definition) is 1. The van der Waals surface area contributed by atoms with E-state index in [-0.39, 0.29) is 19.0 Å². The fourth-order valence-corrected chi connectivity index (χ4v) is 2.75. The molecule has 2 aromatic carbocycles. The van der Waals surface area contributed by atoms with Gasteiger partial charge in [0.15, 0.2) is 11.5 Å². The third kappa shape index (κ3) is 5.29. The lowest BCUT2D eigenvalue weighted by molar-refractivity contribution is -0.119. The van der Waals surface area contributed by atoms with Crippen LogP contribution in [0.15, 0.2) is 54.6 Å². The molecule has 1 N–H and O–H groups in total. The van der Waals surface area contributed by atoms with Gasteiger partial charge in [0.05, 0.1) is 13.1 Å². The molecular weight excluding hydrogens is 340 g/mol. The van der Waals surface area contributed by atoms with Crippen molar-refractivity contribution in [1.29, 1.82) is 0 Å². The predicted octanol–water partition coefficient (Wildman–Crippen LogP) is 2.73. The van der Waals surface area contributed by atoms with E-state index in [0.717, 1.165) is 17.0 Å². The van der Waals surface area contributed by atoms with Gasteiger partial charge in [-0.3, -0.25) is 4.79 Å². The van der Waals surface area contributed by atoms with Gasteiger partial charge in [0.1, 0.15) is 13.2 Å². The Morgan fingerprint density at radius 1 is 1.15 bits per heavy atom. The van der Waals surface area contributed by atoms with Gasteiger partial charge in [0.2, 0.25) is 5.91 Å². The highest BCUT2D eigenvalue weighted by Crippen LogP contribution is 2.34. The summed E-state index contributed by atoms with van der Waals surface area (Å²) in [6.07, 6.45) is 9.28. The van der Waals surface area contributed by atoms with Gasteiger partial charge in [-0.25, -0.2) is 0 Å². The van der Waals surface area contributed by atoms with Crippen LogP contribution in [0.1, 0.15) is 5.56 Å². The van der Waals surface area contributed by atoms with E-state index in [1.54, 1.807) is 0 Å². The zero-order valence-electron chi connectivity index (χ0n) is 15.1. The summed E-state index contributed by atoms with van der Waals surface area (Å²) in [5, 5.41) is 2.71. The molecule has 0 aromatic heterocycles. The number of benzene rings is 2. The van der Waals surface area contributed by atoms with Gasteiger partial charge in [-0.15, -0.1) is 6.42 Å². The van der Waals surface area contributed by atoms with Crippen molar-refractivity contribution < 1.29 is 14.3 Å². The Hall–Kier alpha value is -3.39. The number of fused-ring (bicyclic) bond motifs is 1. The molecule has 0 atom stereocenters. The molecule has 0 bridgehead atoms. The first-order valence-electron chi connectivity index (χ1n) is 8.82. The molecule has 1 heterocycles. The monoisotopic (exact) mass is 362 g/mol. The van der Waals surface area contributed by atoms with Crippen molar-refractivity contribution in [2.75, 3.05) is 37.7 Å². The lowest BCUT2D eigenvalue weighted by atomic mass is 10.2. The normalized spacial score (nSPS) is 12.4. The number of nitrogens with zero attached hydrogens (tertiary/aromatic N) is 1. The summed E-state index contributed by atoms with van der Waals surface area (Å²) in [6, 6.07) is 15.7. The smallest absolute Gasteiger partial charge is 0.240 e. The molecule has 0 unspecified atom stereocenters. The number of hydrogen-bond acceptors (Lipinski definition) is 4. The van der Waals surface area contributed by atoms with Crippen molar-refractivity contribution in [3.63, 3.8) is 0 Å². The molecule has 0 radical (unpaired) electrons. The lowest BCUT2D eigenvalue weighted by Gasteiger charge is -2.25. The topological polar surface area (TPSA) is 50.8 Å². The van der Waals surface area contributed by atoms with Crippen molar-refractivity contribution in [2.45, 2.75) is 0 Å². The van der Waals surface area contributed by atoms with Gasteiger partial charge in [-0.05, 0) is 17.7 Å². The van der Waals surface area contributed by atoms with Crippen LogP contribution in [0.25, 0.3) is 6.08 Å². The van der Waals surface area contributed by atoms with Gasteiger partial charge in [0, 0.05) is 18.3 Å². The summed E-state index contributed by atoms with van der Waals surface area (Å²) in [4.78, 5) is 14.1. The molecule has 0 fully saturated rings. The molecule has 138 valence electrons. The average Bonchev–Trinajstić information content (AvgIpc) is 2.72. The number of carbonyl (C=O) groups is 1. The van der Waals surface area contributed by atoms with Crippen LogP contribution < -0.4 is 19.7 Å². The van der Waals surface area contributed by atoms with Gasteiger partial charge < -0.3 is 19.7 Å². The van der Waals surface area contributed by atoms with Gasteiger partial charge >= 0.3 is 0 Å². The van der Waals surface area contributed by atoms with Crippen molar-refractivity contribution in [3.8, 4) is 23.8 Å². The molecule has 1 aliphatic heterocycles. The van der Waals surface area contributed by atoms with Crippen LogP contribution in [-0.4, -0.2) is 38.8 Å². The summed E-state index contributed by atoms with van der Waals surface area (Å²) in [7, 11) is 0. The van der Waals surface area contributed by atoms with Gasteiger partial charge in [0.25, 0.3) is 0 Å². The number of ether oxygens (including phenoxy) is 2. The third-order valence-corrected chi connectivity index (χ3v) is 4.05. The van der Waals surface area contributed by atoms with E-state index in [2.05, 4.69) is 11.2 Å². The van der Waals surface area contributed by atoms with Crippen LogP contribution >= 0.6 is 0 Å². The molecule has 1 amide bonds. The SMILES string of the molecule is C#CCNC(=O)CN(C/C=C/c1ccccc1)c1ccc2c(c1)OCCO2. The Labute approximate surface area is 159 Å². The molecule has 0 aliphatic carbocycles. The number of amides is 1. The van der Waals surface area contributed by atoms with Crippen LogP contribution in [0.2, 0.25) is 0 Å². The van der Waals surface area contributed by atoms with Gasteiger partial charge in [-0.2, -0.15) is 0 Å². The van der Waals surface area contributed by atoms with Crippen molar-refractivity contribution in [1.82, 2.24) is 5.32 Å². The van der Waals surface area contributed by atoms with E-state index in [4.69, 9.17) is 15.9 Å². The minimum Gasteiger partial charge on any atom is -0.486 e. The van der Waals surface area contributed by atoms with Crippen LogP contribution in [0, 0.1) is 12.3 Å². The van der Waals surface area contributed by atoms with E-state index < -0.39 is 0 Å². The zero-order valence-corrected chi connectivity index (χ0v) is 15.1. The van der Waals surface area contributed by atoms with E-state index in [0.29, 0.717) is 25.5 Å². The van der Waals surface area contributed by atoms with Crippen LogP contribution in [0.3, 0.4) is 0 Å². The minimum atomic E-state index is -0.129. The highest BCUT2D eigenvalue weighted by molar-refractivity contribution is 5.82. The first-order chi connectivity index (χ1) is 13.3. The highest BCUT2D eigenvalue weighted by atomic mass is 16.6. The minimum absolute atomic E-state index is 0.129. The zero-order chi connectivity index (χ0) is 18.9. The molecular formula is C22H22N2O3. The third-order valence-electron chi connectivity index (χ3n) is 4.05. The van der Waals surface area contributed by atoms with Crippen LogP contribution in [0.5, 0.6) is 11.5 Å². The maximum absolute atomic E-state index is 12.2. The number of nitrogens with one attached hydrogen (secondary N) is 1. The largest absolute Gasteiger partial charge is 0.486 e. The Morgan fingerprint density at radius 2 is 1.93 bits per heavy atom. The maximum atomic E-state index is 12.2.